The van der Waals surface area contributed by atoms with Gasteiger partial charge in [0, 0.05) is 17.4 Å². The van der Waals surface area contributed by atoms with E-state index < -0.39 is 0 Å². The Morgan fingerprint density at radius 1 is 1.47 bits per heavy atom. The van der Waals surface area contributed by atoms with Crippen LogP contribution in [0.4, 0.5) is 0 Å². The maximum Gasteiger partial charge on any atom is 0.162 e. The Kier molecular flexibility index (Phi) is 2.05. The first-order valence-electron chi connectivity index (χ1n) is 5.83. The summed E-state index contributed by atoms with van der Waals surface area (Å²) in [5.41, 5.74) is 0.603. The second kappa shape index (κ2) is 2.87. The molecule has 0 aliphatic heterocycles. The van der Waals surface area contributed by atoms with E-state index in [9.17, 15) is 9.90 Å². The van der Waals surface area contributed by atoms with Crippen molar-refractivity contribution in [2.24, 2.45) is 16.7 Å². The molecule has 0 aromatic rings. The van der Waals surface area contributed by atoms with Gasteiger partial charge in [0.25, 0.3) is 0 Å². The molecule has 0 radical (unpaired) electrons. The molecule has 15 heavy (non-hydrogen) atoms. The lowest BCUT2D eigenvalue weighted by molar-refractivity contribution is -0.116. The number of aliphatic hydroxyl groups is 1. The van der Waals surface area contributed by atoms with Gasteiger partial charge in [-0.15, -0.1) is 0 Å². The molecule has 1 saturated carbocycles. The van der Waals surface area contributed by atoms with Gasteiger partial charge < -0.3 is 5.11 Å². The summed E-state index contributed by atoms with van der Waals surface area (Å²) in [4.78, 5) is 11.8. The molecule has 0 spiro atoms. The number of aliphatic hydroxyl groups excluding tert-OH is 1. The standard InChI is InChI=1S/C13H20O2/c1-5-9(14)10-8-6-7-13(4,11(10)15)12(8,2)3/h8,15H,5-7H2,1-4H3. The van der Waals surface area contributed by atoms with Gasteiger partial charge in [0.05, 0.1) is 0 Å². The quantitative estimate of drug-likeness (QED) is 0.756. The summed E-state index contributed by atoms with van der Waals surface area (Å²) >= 11 is 0. The number of carbonyl (C=O) groups is 1. The highest BCUT2D eigenvalue weighted by Gasteiger charge is 2.62. The van der Waals surface area contributed by atoms with Crippen LogP contribution < -0.4 is 0 Å². The minimum Gasteiger partial charge on any atom is -0.511 e. The van der Waals surface area contributed by atoms with Crippen molar-refractivity contribution in [1.29, 1.82) is 0 Å². The molecule has 2 nitrogen and oxygen atoms in total. The van der Waals surface area contributed by atoms with Crippen LogP contribution in [0.3, 0.4) is 0 Å². The van der Waals surface area contributed by atoms with Crippen LogP contribution in [0.2, 0.25) is 0 Å². The molecule has 2 unspecified atom stereocenters. The Morgan fingerprint density at radius 3 is 2.47 bits per heavy atom. The summed E-state index contributed by atoms with van der Waals surface area (Å²) in [5, 5.41) is 10.2. The first kappa shape index (κ1) is 10.7. The second-order valence-electron chi connectivity index (χ2n) is 5.68. The zero-order valence-electron chi connectivity index (χ0n) is 10.1. The van der Waals surface area contributed by atoms with Crippen LogP contribution in [0.1, 0.15) is 47.0 Å². The van der Waals surface area contributed by atoms with E-state index in [0.29, 0.717) is 12.2 Å². The highest BCUT2D eigenvalue weighted by molar-refractivity contribution is 5.97. The molecule has 0 amide bonds. The van der Waals surface area contributed by atoms with E-state index in [-0.39, 0.29) is 22.5 Å². The van der Waals surface area contributed by atoms with Crippen LogP contribution in [0.5, 0.6) is 0 Å². The van der Waals surface area contributed by atoms with E-state index in [1.165, 1.54) is 0 Å². The number of allylic oxidation sites excluding steroid dienone is 2. The van der Waals surface area contributed by atoms with Gasteiger partial charge in [-0.25, -0.2) is 0 Å². The minimum atomic E-state index is -0.169. The third kappa shape index (κ3) is 1.03. The largest absolute Gasteiger partial charge is 0.511 e. The van der Waals surface area contributed by atoms with Crippen molar-refractivity contribution in [2.75, 3.05) is 0 Å². The Bertz CT molecular complexity index is 352. The molecular formula is C13H20O2. The predicted molar refractivity (Wildman–Crippen MR) is 59.6 cm³/mol. The number of Topliss-reactive ketones (excluding diaryl/α,β-unsaturated/α-hetero) is 1. The first-order valence-corrected chi connectivity index (χ1v) is 5.83. The zero-order valence-corrected chi connectivity index (χ0v) is 10.1. The summed E-state index contributed by atoms with van der Waals surface area (Å²) in [6, 6.07) is 0. The monoisotopic (exact) mass is 208 g/mol. The third-order valence-electron chi connectivity index (χ3n) is 4.97. The van der Waals surface area contributed by atoms with Gasteiger partial charge >= 0.3 is 0 Å². The van der Waals surface area contributed by atoms with Gasteiger partial charge in [0.1, 0.15) is 5.76 Å². The molecular weight excluding hydrogens is 188 g/mol. The molecule has 2 bridgehead atoms. The summed E-state index contributed by atoms with van der Waals surface area (Å²) in [7, 11) is 0. The van der Waals surface area contributed by atoms with Crippen LogP contribution in [0.25, 0.3) is 0 Å². The van der Waals surface area contributed by atoms with E-state index in [1.807, 2.05) is 6.92 Å². The van der Waals surface area contributed by atoms with Gasteiger partial charge in [-0.3, -0.25) is 4.79 Å². The predicted octanol–water partition coefficient (Wildman–Crippen LogP) is 3.23. The molecule has 2 heteroatoms. The average molecular weight is 208 g/mol. The van der Waals surface area contributed by atoms with Crippen LogP contribution in [0, 0.1) is 16.7 Å². The van der Waals surface area contributed by atoms with Crippen molar-refractivity contribution in [3.05, 3.63) is 11.3 Å². The van der Waals surface area contributed by atoms with Gasteiger partial charge in [0.2, 0.25) is 0 Å². The average Bonchev–Trinajstić information content (AvgIpc) is 2.48. The fourth-order valence-corrected chi connectivity index (χ4v) is 3.41. The molecule has 0 saturated heterocycles. The SMILES string of the molecule is CCC(=O)C1=C(O)C2(C)CCC1C2(C)C. The zero-order chi connectivity index (χ0) is 11.4. The maximum atomic E-state index is 11.8. The van der Waals surface area contributed by atoms with Gasteiger partial charge in [-0.1, -0.05) is 27.7 Å². The topological polar surface area (TPSA) is 37.3 Å². The molecule has 2 rings (SSSR count). The molecule has 1 N–H and O–H groups in total. The molecule has 0 aromatic carbocycles. The summed E-state index contributed by atoms with van der Waals surface area (Å²) in [6.07, 6.45) is 2.56. The minimum absolute atomic E-state index is 0.0389. The van der Waals surface area contributed by atoms with Crippen molar-refractivity contribution in [2.45, 2.75) is 47.0 Å². The number of rotatable bonds is 2. The highest BCUT2D eigenvalue weighted by Crippen LogP contribution is 2.67. The number of fused-ring (bicyclic) bond motifs is 2. The van der Waals surface area contributed by atoms with Crippen molar-refractivity contribution < 1.29 is 9.90 Å². The fourth-order valence-electron chi connectivity index (χ4n) is 3.41. The van der Waals surface area contributed by atoms with E-state index in [1.54, 1.807) is 0 Å². The van der Waals surface area contributed by atoms with Crippen molar-refractivity contribution in [1.82, 2.24) is 0 Å². The van der Waals surface area contributed by atoms with Crippen LogP contribution in [-0.4, -0.2) is 10.9 Å². The fraction of sp³-hybridized carbons (Fsp3) is 0.769. The number of ketones is 1. The number of hydrogen-bond donors (Lipinski definition) is 1. The van der Waals surface area contributed by atoms with E-state index >= 15 is 0 Å². The van der Waals surface area contributed by atoms with Crippen LogP contribution in [-0.2, 0) is 4.79 Å². The Balaban J connectivity index is 2.52. The Hall–Kier alpha value is -0.790. The number of carbonyl (C=O) groups excluding carboxylic acids is 1. The molecule has 0 heterocycles. The lowest BCUT2D eigenvalue weighted by atomic mass is 9.69. The van der Waals surface area contributed by atoms with E-state index in [4.69, 9.17) is 0 Å². The van der Waals surface area contributed by atoms with Gasteiger partial charge in [0.15, 0.2) is 5.78 Å². The molecule has 1 fully saturated rings. The van der Waals surface area contributed by atoms with Gasteiger partial charge in [-0.05, 0) is 24.2 Å². The molecule has 2 aliphatic rings. The van der Waals surface area contributed by atoms with E-state index in [2.05, 4.69) is 20.8 Å². The lowest BCUT2D eigenvalue weighted by Gasteiger charge is -2.34. The molecule has 0 aromatic heterocycles. The Labute approximate surface area is 91.4 Å². The third-order valence-corrected chi connectivity index (χ3v) is 4.97. The Morgan fingerprint density at radius 2 is 2.07 bits per heavy atom. The summed E-state index contributed by atoms with van der Waals surface area (Å²) in [5.74, 6) is 0.791. The van der Waals surface area contributed by atoms with Crippen molar-refractivity contribution in [3.63, 3.8) is 0 Å². The smallest absolute Gasteiger partial charge is 0.162 e. The maximum absolute atomic E-state index is 11.8. The normalized spacial score (nSPS) is 37.5. The van der Waals surface area contributed by atoms with Gasteiger partial charge in [-0.2, -0.15) is 0 Å². The molecule has 2 atom stereocenters. The summed E-state index contributed by atoms with van der Waals surface area (Å²) in [6.45, 7) is 8.32. The number of hydrogen-bond acceptors (Lipinski definition) is 2. The highest BCUT2D eigenvalue weighted by atomic mass is 16.3. The van der Waals surface area contributed by atoms with E-state index in [0.717, 1.165) is 18.4 Å². The molecule has 84 valence electrons. The first-order chi connectivity index (χ1) is 6.86. The second-order valence-corrected chi connectivity index (χ2v) is 5.68. The van der Waals surface area contributed by atoms with Crippen molar-refractivity contribution >= 4 is 5.78 Å². The summed E-state index contributed by atoms with van der Waals surface area (Å²) < 4.78 is 0. The van der Waals surface area contributed by atoms with Crippen molar-refractivity contribution in [3.8, 4) is 0 Å². The lowest BCUT2D eigenvalue weighted by Crippen LogP contribution is -2.30. The van der Waals surface area contributed by atoms with Crippen LogP contribution in [0.15, 0.2) is 11.3 Å². The molecule has 2 aliphatic carbocycles. The van der Waals surface area contributed by atoms with Crippen LogP contribution >= 0.6 is 0 Å².